The zero-order valence-corrected chi connectivity index (χ0v) is 19.6. The van der Waals surface area contributed by atoms with Gasteiger partial charge in [-0.05, 0) is 13.0 Å². The molecule has 0 spiro atoms. The molecule has 1 saturated heterocycles. The van der Waals surface area contributed by atoms with Gasteiger partial charge in [0, 0.05) is 32.2 Å². The van der Waals surface area contributed by atoms with E-state index < -0.39 is 35.3 Å². The van der Waals surface area contributed by atoms with Crippen molar-refractivity contribution in [1.82, 2.24) is 14.7 Å². The minimum Gasteiger partial charge on any atom is -1.00 e. The van der Waals surface area contributed by atoms with E-state index in [2.05, 4.69) is 5.10 Å². The average Bonchev–Trinajstić information content (AvgIpc) is 3.02. The first-order chi connectivity index (χ1) is 14.9. The fourth-order valence-corrected chi connectivity index (χ4v) is 3.90. The molecule has 0 bridgehead atoms. The van der Waals surface area contributed by atoms with Crippen LogP contribution in [-0.2, 0) is 17.5 Å². The van der Waals surface area contributed by atoms with Crippen molar-refractivity contribution >= 4 is 40.8 Å². The number of benzene rings is 1. The predicted octanol–water partition coefficient (Wildman–Crippen LogP) is 0.689. The summed E-state index contributed by atoms with van der Waals surface area (Å²) in [6.45, 7) is 2.06. The summed E-state index contributed by atoms with van der Waals surface area (Å²) in [6, 6.07) is 2.83. The van der Waals surface area contributed by atoms with Gasteiger partial charge in [-0.1, -0.05) is 23.2 Å². The van der Waals surface area contributed by atoms with Gasteiger partial charge in [-0.2, -0.15) is 18.3 Å². The maximum absolute atomic E-state index is 13.0. The number of hydrogen-bond acceptors (Lipinski definition) is 5. The molecule has 8 nitrogen and oxygen atoms in total. The van der Waals surface area contributed by atoms with Crippen LogP contribution in [0.4, 0.5) is 18.9 Å². The van der Waals surface area contributed by atoms with Gasteiger partial charge in [0.1, 0.15) is 12.3 Å². The van der Waals surface area contributed by atoms with E-state index in [-0.39, 0.29) is 49.7 Å². The van der Waals surface area contributed by atoms with Crippen molar-refractivity contribution in [2.45, 2.75) is 19.6 Å². The number of ether oxygens (including phenoxy) is 1. The molecule has 1 fully saturated rings. The molecule has 1 aliphatic rings. The fourth-order valence-electron chi connectivity index (χ4n) is 3.42. The first-order valence-corrected chi connectivity index (χ1v) is 10.1. The second kappa shape index (κ2) is 10.5. The van der Waals surface area contributed by atoms with Gasteiger partial charge in [-0.25, -0.2) is 4.79 Å². The van der Waals surface area contributed by atoms with Crippen LogP contribution in [0.5, 0.6) is 5.75 Å². The molecule has 0 saturated carbocycles. The zero-order chi connectivity index (χ0) is 23.8. The van der Waals surface area contributed by atoms with Crippen LogP contribution in [0.1, 0.15) is 23.2 Å². The molecular weight excluding hydrogens is 483 g/mol. The molecular formula is C19H20Cl2F3LiN4O4. The zero-order valence-electron chi connectivity index (χ0n) is 19.0. The van der Waals surface area contributed by atoms with Crippen molar-refractivity contribution in [3.63, 3.8) is 0 Å². The molecule has 1 aromatic carbocycles. The van der Waals surface area contributed by atoms with E-state index in [0.717, 1.165) is 4.68 Å². The van der Waals surface area contributed by atoms with E-state index in [1.165, 1.54) is 31.1 Å². The van der Waals surface area contributed by atoms with Crippen LogP contribution < -0.4 is 28.5 Å². The largest absolute Gasteiger partial charge is 1.00 e. The minimum atomic E-state index is -4.72. The first-order valence-electron chi connectivity index (χ1n) is 9.37. The molecule has 1 N–H and O–H groups in total. The minimum absolute atomic E-state index is 0. The quantitative estimate of drug-likeness (QED) is 0.605. The molecule has 0 aliphatic carbocycles. The number of aromatic nitrogens is 2. The SMILES string of the molecule is COc1cc(N2CCN(C(=O)Cn3nc(C(F)(F)F)c(Cl)c3C)CC2)c(C(=O)O)cc1Cl.[H-].[Li+]. The Labute approximate surface area is 210 Å². The Morgan fingerprint density at radius 3 is 2.30 bits per heavy atom. The fraction of sp³-hybridized carbons (Fsp3) is 0.421. The number of carboxylic acid groups (broad SMARTS) is 1. The number of nitrogens with zero attached hydrogens (tertiary/aromatic N) is 4. The summed E-state index contributed by atoms with van der Waals surface area (Å²) in [5.74, 6) is -1.26. The van der Waals surface area contributed by atoms with E-state index in [1.54, 1.807) is 4.90 Å². The standard InChI is InChI=1S/C19H19Cl2F3N4O4.Li.H/c1-10-16(21)17(19(22,23)24)25-28(10)9-15(29)27-5-3-26(4-6-27)13-8-14(32-2)12(20)7-11(13)18(30)31;;/h7-8H,3-6,9H2,1-2H3,(H,30,31);;/q;+1;-1. The van der Waals surface area contributed by atoms with Crippen LogP contribution in [0.15, 0.2) is 12.1 Å². The molecule has 2 heterocycles. The number of halogens is 5. The second-order valence-corrected chi connectivity index (χ2v) is 7.87. The molecule has 1 amide bonds. The third kappa shape index (κ3) is 5.72. The van der Waals surface area contributed by atoms with E-state index in [1.807, 2.05) is 0 Å². The molecule has 2 aromatic rings. The Bertz CT molecular complexity index is 1060. The summed E-state index contributed by atoms with van der Waals surface area (Å²) in [4.78, 5) is 27.5. The van der Waals surface area contributed by atoms with Crippen LogP contribution in [-0.4, -0.2) is 65.0 Å². The van der Waals surface area contributed by atoms with Crippen LogP contribution >= 0.6 is 23.2 Å². The Balaban J connectivity index is 0.00000289. The number of hydrogen-bond donors (Lipinski definition) is 1. The monoisotopic (exact) mass is 502 g/mol. The van der Waals surface area contributed by atoms with Crippen molar-refractivity contribution < 1.29 is 52.9 Å². The van der Waals surface area contributed by atoms with Gasteiger partial charge in [0.25, 0.3) is 0 Å². The van der Waals surface area contributed by atoms with Crippen molar-refractivity contribution in [1.29, 1.82) is 0 Å². The second-order valence-electron chi connectivity index (χ2n) is 7.08. The molecule has 0 unspecified atom stereocenters. The van der Waals surface area contributed by atoms with Crippen molar-refractivity contribution in [3.05, 3.63) is 39.1 Å². The number of aromatic carboxylic acids is 1. The molecule has 1 aliphatic heterocycles. The third-order valence-electron chi connectivity index (χ3n) is 5.16. The molecule has 1 aromatic heterocycles. The predicted molar refractivity (Wildman–Crippen MR) is 112 cm³/mol. The van der Waals surface area contributed by atoms with E-state index in [0.29, 0.717) is 24.5 Å². The Morgan fingerprint density at radius 2 is 1.82 bits per heavy atom. The van der Waals surface area contributed by atoms with Gasteiger partial charge in [0.05, 0.1) is 34.1 Å². The van der Waals surface area contributed by atoms with E-state index in [9.17, 15) is 27.9 Å². The molecule has 14 heteroatoms. The van der Waals surface area contributed by atoms with Crippen molar-refractivity contribution in [2.75, 3.05) is 38.2 Å². The summed E-state index contributed by atoms with van der Waals surface area (Å²) >= 11 is 11.8. The smallest absolute Gasteiger partial charge is 1.00 e. The number of carbonyl (C=O) groups is 2. The summed E-state index contributed by atoms with van der Waals surface area (Å²) < 4.78 is 45.1. The van der Waals surface area contributed by atoms with Crippen molar-refractivity contribution in [3.8, 4) is 5.75 Å². The number of anilines is 1. The molecule has 0 radical (unpaired) electrons. The van der Waals surface area contributed by atoms with Crippen LogP contribution in [0.2, 0.25) is 10.0 Å². The Morgan fingerprint density at radius 1 is 1.21 bits per heavy atom. The summed E-state index contributed by atoms with van der Waals surface area (Å²) in [7, 11) is 1.41. The molecule has 176 valence electrons. The van der Waals surface area contributed by atoms with Gasteiger partial charge in [-0.15, -0.1) is 0 Å². The number of methoxy groups -OCH3 is 1. The van der Waals surface area contributed by atoms with Crippen molar-refractivity contribution in [2.24, 2.45) is 0 Å². The van der Waals surface area contributed by atoms with Gasteiger partial charge in [0.15, 0.2) is 5.69 Å². The van der Waals surface area contributed by atoms with Gasteiger partial charge < -0.3 is 21.1 Å². The van der Waals surface area contributed by atoms with Gasteiger partial charge in [0.2, 0.25) is 5.91 Å². The summed E-state index contributed by atoms with van der Waals surface area (Å²) in [5.41, 5.74) is -0.787. The van der Waals surface area contributed by atoms with Crippen LogP contribution in [0.3, 0.4) is 0 Å². The molecule has 33 heavy (non-hydrogen) atoms. The van der Waals surface area contributed by atoms with Gasteiger partial charge in [-0.3, -0.25) is 9.48 Å². The maximum Gasteiger partial charge on any atom is 1.00 e. The first kappa shape index (κ1) is 27.2. The molecule has 3 rings (SSSR count). The van der Waals surface area contributed by atoms with E-state index in [4.69, 9.17) is 27.9 Å². The van der Waals surface area contributed by atoms with Crippen LogP contribution in [0.25, 0.3) is 0 Å². The summed E-state index contributed by atoms with van der Waals surface area (Å²) in [6.07, 6.45) is -4.72. The van der Waals surface area contributed by atoms with E-state index >= 15 is 0 Å². The number of carbonyl (C=O) groups excluding carboxylic acids is 1. The Hall–Kier alpha value is -2.06. The third-order valence-corrected chi connectivity index (χ3v) is 5.91. The number of alkyl halides is 3. The topological polar surface area (TPSA) is 87.9 Å². The number of carboxylic acids is 1. The average molecular weight is 503 g/mol. The van der Waals surface area contributed by atoms with Crippen LogP contribution in [0, 0.1) is 6.92 Å². The van der Waals surface area contributed by atoms with Gasteiger partial charge >= 0.3 is 31.0 Å². The number of amides is 1. The Kier molecular flexibility index (Phi) is 8.62. The molecule has 0 atom stereocenters. The summed E-state index contributed by atoms with van der Waals surface area (Å²) in [5, 5.41) is 12.6. The maximum atomic E-state index is 13.0. The number of rotatable bonds is 5. The number of piperazine rings is 1. The normalized spacial score (nSPS) is 14.2.